The van der Waals surface area contributed by atoms with Crippen LogP contribution in [0.15, 0.2) is 0 Å². The number of hydrogen-bond acceptors (Lipinski definition) is 3. The maximum Gasteiger partial charge on any atom is 0.0720 e. The molecule has 0 heterocycles. The zero-order valence-electron chi connectivity index (χ0n) is 22.2. The van der Waals surface area contributed by atoms with Crippen LogP contribution in [0.2, 0.25) is 0 Å². The van der Waals surface area contributed by atoms with Crippen molar-refractivity contribution in [3.8, 4) is 6.07 Å². The molecule has 11 atom stereocenters. The fourth-order valence-electron chi connectivity index (χ4n) is 9.90. The third-order valence-electron chi connectivity index (χ3n) is 12.2. The van der Waals surface area contributed by atoms with Crippen LogP contribution in [0.5, 0.6) is 0 Å². The van der Waals surface area contributed by atoms with E-state index in [-0.39, 0.29) is 5.92 Å². The minimum Gasteiger partial charge on any atom is -0.392 e. The van der Waals surface area contributed by atoms with Gasteiger partial charge in [-0.3, -0.25) is 0 Å². The van der Waals surface area contributed by atoms with Crippen molar-refractivity contribution in [1.29, 1.82) is 5.26 Å². The molecule has 0 aromatic rings. The third kappa shape index (κ3) is 4.31. The number of nitriles is 1. The summed E-state index contributed by atoms with van der Waals surface area (Å²) in [6.45, 7) is 11.8. The van der Waals surface area contributed by atoms with Crippen LogP contribution >= 0.6 is 0 Å². The maximum absolute atomic E-state index is 11.0. The van der Waals surface area contributed by atoms with Crippen molar-refractivity contribution < 1.29 is 10.2 Å². The third-order valence-corrected chi connectivity index (χ3v) is 12.2. The first-order chi connectivity index (χ1) is 15.6. The van der Waals surface area contributed by atoms with E-state index in [1.807, 2.05) is 6.92 Å². The van der Waals surface area contributed by atoms with Gasteiger partial charge in [-0.1, -0.05) is 34.6 Å². The van der Waals surface area contributed by atoms with Crippen LogP contribution in [0.4, 0.5) is 0 Å². The predicted octanol–water partition coefficient (Wildman–Crippen LogP) is 7.11. The van der Waals surface area contributed by atoms with Gasteiger partial charge in [0.25, 0.3) is 0 Å². The molecule has 2 N–H and O–H groups in total. The van der Waals surface area contributed by atoms with E-state index in [4.69, 9.17) is 0 Å². The molecular weight excluding hydrogens is 406 g/mol. The van der Waals surface area contributed by atoms with Gasteiger partial charge in [-0.05, 0) is 130 Å². The maximum atomic E-state index is 11.0. The number of rotatable bonds is 7. The van der Waals surface area contributed by atoms with Crippen molar-refractivity contribution in [2.24, 2.45) is 52.3 Å². The number of nitrogens with zero attached hydrogens (tertiary/aromatic N) is 1. The molecule has 0 aliphatic heterocycles. The van der Waals surface area contributed by atoms with Crippen LogP contribution in [0.1, 0.15) is 118 Å². The molecule has 188 valence electrons. The molecule has 4 aliphatic rings. The summed E-state index contributed by atoms with van der Waals surface area (Å²) < 4.78 is 0. The van der Waals surface area contributed by atoms with E-state index in [0.29, 0.717) is 22.7 Å². The SMILES string of the molecule is CC[C@@H](C#N)[C@H](O)CC[C@@H](C)[C@H]1CC[C@H]2[C@@H]3CC[C@H]4C[C@](O)(CC)CC[C@]4(C)[C@H]3CC[C@]12C. The summed E-state index contributed by atoms with van der Waals surface area (Å²) in [5.41, 5.74) is 0.486. The van der Waals surface area contributed by atoms with Gasteiger partial charge in [0.1, 0.15) is 0 Å². The highest BCUT2D eigenvalue weighted by Crippen LogP contribution is 2.69. The first kappa shape index (κ1) is 25.5. The topological polar surface area (TPSA) is 64.2 Å². The molecule has 0 bridgehead atoms. The Morgan fingerprint density at radius 2 is 1.67 bits per heavy atom. The summed E-state index contributed by atoms with van der Waals surface area (Å²) in [6, 6.07) is 2.30. The van der Waals surface area contributed by atoms with E-state index in [1.54, 1.807) is 0 Å². The van der Waals surface area contributed by atoms with Gasteiger partial charge < -0.3 is 10.2 Å². The van der Waals surface area contributed by atoms with Gasteiger partial charge in [-0.2, -0.15) is 5.26 Å². The van der Waals surface area contributed by atoms with Crippen molar-refractivity contribution in [3.63, 3.8) is 0 Å². The lowest BCUT2D eigenvalue weighted by atomic mass is 9.43. The van der Waals surface area contributed by atoms with Crippen LogP contribution in [-0.2, 0) is 0 Å². The van der Waals surface area contributed by atoms with Crippen LogP contribution in [0, 0.1) is 63.6 Å². The summed E-state index contributed by atoms with van der Waals surface area (Å²) in [5, 5.41) is 30.8. The fraction of sp³-hybridized carbons (Fsp3) is 0.967. The van der Waals surface area contributed by atoms with Gasteiger partial charge in [-0.25, -0.2) is 0 Å². The van der Waals surface area contributed by atoms with Crippen LogP contribution in [0.25, 0.3) is 0 Å². The standard InChI is InChI=1S/C30H51NO2/c1-6-21(19-31)27(32)13-8-20(3)24-11-12-25-23-10-9-22-18-30(33,7-2)17-16-28(22,4)26(23)14-15-29(24,25)5/h20-27,32-33H,6-18H2,1-5H3/t20-,21+,22+,23+,24-,25+,26+,27-,28+,29-,30+/m1/s1. The molecule has 3 heteroatoms. The summed E-state index contributed by atoms with van der Waals surface area (Å²) in [6.07, 6.45) is 14.5. The predicted molar refractivity (Wildman–Crippen MR) is 134 cm³/mol. The first-order valence-electron chi connectivity index (χ1n) is 14.4. The van der Waals surface area contributed by atoms with E-state index in [1.165, 1.54) is 44.9 Å². The Kier molecular flexibility index (Phi) is 7.31. The van der Waals surface area contributed by atoms with Crippen LogP contribution < -0.4 is 0 Å². The number of aliphatic hydroxyl groups excluding tert-OH is 1. The molecule has 4 aliphatic carbocycles. The summed E-state index contributed by atoms with van der Waals surface area (Å²) in [5.74, 6) is 4.49. The summed E-state index contributed by atoms with van der Waals surface area (Å²) >= 11 is 0. The van der Waals surface area contributed by atoms with Crippen molar-refractivity contribution >= 4 is 0 Å². The molecule has 4 saturated carbocycles. The highest BCUT2D eigenvalue weighted by molar-refractivity contribution is 5.11. The Hall–Kier alpha value is -0.590. The highest BCUT2D eigenvalue weighted by atomic mass is 16.3. The lowest BCUT2D eigenvalue weighted by Crippen LogP contribution is -2.56. The van der Waals surface area contributed by atoms with E-state index < -0.39 is 11.7 Å². The number of aliphatic hydroxyl groups is 2. The second-order valence-corrected chi connectivity index (χ2v) is 13.4. The van der Waals surface area contributed by atoms with E-state index in [0.717, 1.165) is 62.2 Å². The quantitative estimate of drug-likeness (QED) is 0.428. The molecule has 0 spiro atoms. The number of hydrogen-bond donors (Lipinski definition) is 2. The van der Waals surface area contributed by atoms with E-state index in [9.17, 15) is 15.5 Å². The normalized spacial score (nSPS) is 47.5. The minimum atomic E-state index is -0.466. The lowest BCUT2D eigenvalue weighted by molar-refractivity contribution is -0.152. The van der Waals surface area contributed by atoms with Gasteiger partial charge in [0.15, 0.2) is 0 Å². The second kappa shape index (κ2) is 9.46. The zero-order valence-corrected chi connectivity index (χ0v) is 22.2. The lowest BCUT2D eigenvalue weighted by Gasteiger charge is -2.62. The van der Waals surface area contributed by atoms with Crippen LogP contribution in [0.3, 0.4) is 0 Å². The zero-order chi connectivity index (χ0) is 24.0. The van der Waals surface area contributed by atoms with Gasteiger partial charge in [0.05, 0.1) is 23.7 Å². The molecule has 0 radical (unpaired) electrons. The van der Waals surface area contributed by atoms with Crippen molar-refractivity contribution in [2.75, 3.05) is 0 Å². The van der Waals surface area contributed by atoms with Gasteiger partial charge in [-0.15, -0.1) is 0 Å². The molecule has 0 aromatic carbocycles. The fourth-order valence-corrected chi connectivity index (χ4v) is 9.90. The Balaban J connectivity index is 1.43. The Morgan fingerprint density at radius 3 is 2.33 bits per heavy atom. The monoisotopic (exact) mass is 457 g/mol. The molecule has 3 nitrogen and oxygen atoms in total. The highest BCUT2D eigenvalue weighted by Gasteiger charge is 2.61. The smallest absolute Gasteiger partial charge is 0.0720 e. The molecule has 4 fully saturated rings. The van der Waals surface area contributed by atoms with Crippen molar-refractivity contribution in [1.82, 2.24) is 0 Å². The van der Waals surface area contributed by atoms with E-state index >= 15 is 0 Å². The average Bonchev–Trinajstić information content (AvgIpc) is 3.16. The summed E-state index contributed by atoms with van der Waals surface area (Å²) in [4.78, 5) is 0. The molecule has 4 rings (SSSR count). The van der Waals surface area contributed by atoms with Gasteiger partial charge >= 0.3 is 0 Å². The second-order valence-electron chi connectivity index (χ2n) is 13.4. The first-order valence-corrected chi connectivity index (χ1v) is 14.4. The molecule has 0 unspecified atom stereocenters. The van der Waals surface area contributed by atoms with E-state index in [2.05, 4.69) is 33.8 Å². The average molecular weight is 458 g/mol. The molecule has 0 amide bonds. The Morgan fingerprint density at radius 1 is 0.939 bits per heavy atom. The van der Waals surface area contributed by atoms with Gasteiger partial charge in [0.2, 0.25) is 0 Å². The van der Waals surface area contributed by atoms with Gasteiger partial charge in [0, 0.05) is 0 Å². The number of fused-ring (bicyclic) bond motifs is 5. The summed E-state index contributed by atoms with van der Waals surface area (Å²) in [7, 11) is 0. The molecular formula is C30H51NO2. The van der Waals surface area contributed by atoms with Crippen molar-refractivity contribution in [2.45, 2.75) is 130 Å². The largest absolute Gasteiger partial charge is 0.392 e. The van der Waals surface area contributed by atoms with Crippen LogP contribution in [-0.4, -0.2) is 21.9 Å². The Bertz CT molecular complexity index is 731. The minimum absolute atomic E-state index is 0.212. The molecule has 0 saturated heterocycles. The van der Waals surface area contributed by atoms with Crippen molar-refractivity contribution in [3.05, 3.63) is 0 Å². The molecule has 0 aromatic heterocycles. The molecule has 33 heavy (non-hydrogen) atoms. The Labute approximate surface area is 203 Å².